The number of imidazole rings is 1. The summed E-state index contributed by atoms with van der Waals surface area (Å²) in [6.07, 6.45) is 7.28. The Morgan fingerprint density at radius 1 is 1.50 bits per heavy atom. The Morgan fingerprint density at radius 3 is 3.25 bits per heavy atom. The molecular formula is C19H21N3OS. The minimum absolute atomic E-state index is 0.0234. The third-order valence-corrected chi connectivity index (χ3v) is 5.79. The highest BCUT2D eigenvalue weighted by atomic mass is 32.1. The number of aryl methyl sites for hydroxylation is 1. The molecule has 0 aliphatic heterocycles. The van der Waals surface area contributed by atoms with Gasteiger partial charge in [0.2, 0.25) is 0 Å². The second kappa shape index (κ2) is 6.06. The van der Waals surface area contributed by atoms with Crippen LogP contribution in [0.15, 0.2) is 29.9 Å². The highest BCUT2D eigenvalue weighted by molar-refractivity contribution is 7.10. The number of fused-ring (bicyclic) bond motifs is 2. The molecule has 0 saturated heterocycles. The molecule has 5 heteroatoms. The first kappa shape index (κ1) is 15.4. The summed E-state index contributed by atoms with van der Waals surface area (Å²) in [6, 6.07) is 4.09. The van der Waals surface area contributed by atoms with Gasteiger partial charge in [0.1, 0.15) is 5.65 Å². The number of hydrogen-bond donors (Lipinski definition) is 1. The van der Waals surface area contributed by atoms with Crippen LogP contribution in [0.4, 0.5) is 0 Å². The van der Waals surface area contributed by atoms with Gasteiger partial charge in [-0.2, -0.15) is 0 Å². The quantitative estimate of drug-likeness (QED) is 0.790. The fraction of sp³-hybridized carbons (Fsp3) is 0.368. The summed E-state index contributed by atoms with van der Waals surface area (Å²) in [4.78, 5) is 18.5. The van der Waals surface area contributed by atoms with Gasteiger partial charge < -0.3 is 9.72 Å². The molecule has 0 spiro atoms. The average Bonchev–Trinajstić information content (AvgIpc) is 3.15. The van der Waals surface area contributed by atoms with E-state index in [1.54, 1.807) is 11.3 Å². The number of carbonyl (C=O) groups is 1. The Balaban J connectivity index is 1.48. The van der Waals surface area contributed by atoms with Crippen molar-refractivity contribution >= 4 is 22.9 Å². The second-order valence-electron chi connectivity index (χ2n) is 6.78. The summed E-state index contributed by atoms with van der Waals surface area (Å²) in [6.45, 7) is 4.80. The molecule has 3 aromatic heterocycles. The first-order valence-electron chi connectivity index (χ1n) is 8.42. The zero-order valence-corrected chi connectivity index (χ0v) is 14.8. The number of carbonyl (C=O) groups excluding carboxylic acids is 1. The number of aromatic nitrogens is 2. The lowest BCUT2D eigenvalue weighted by molar-refractivity contribution is 0.0949. The van der Waals surface area contributed by atoms with Crippen LogP contribution in [0.1, 0.15) is 45.4 Å². The molecule has 3 aromatic rings. The van der Waals surface area contributed by atoms with Crippen molar-refractivity contribution in [3.05, 3.63) is 57.2 Å². The predicted molar refractivity (Wildman–Crippen MR) is 96.6 cm³/mol. The summed E-state index contributed by atoms with van der Waals surface area (Å²) < 4.78 is 1.99. The largest absolute Gasteiger partial charge is 0.346 e. The Morgan fingerprint density at radius 2 is 2.38 bits per heavy atom. The summed E-state index contributed by atoms with van der Waals surface area (Å²) in [5, 5.41) is 5.05. The molecule has 4 nitrogen and oxygen atoms in total. The van der Waals surface area contributed by atoms with Crippen LogP contribution in [0.5, 0.6) is 0 Å². The van der Waals surface area contributed by atoms with E-state index < -0.39 is 0 Å². The van der Waals surface area contributed by atoms with Gasteiger partial charge in [-0.1, -0.05) is 6.92 Å². The number of nitrogens with one attached hydrogen (secondary N) is 1. The number of pyridine rings is 1. The van der Waals surface area contributed by atoms with Gasteiger partial charge in [-0.3, -0.25) is 4.79 Å². The van der Waals surface area contributed by atoms with E-state index in [-0.39, 0.29) is 5.91 Å². The molecule has 1 amide bonds. The molecular weight excluding hydrogens is 318 g/mol. The molecule has 0 radical (unpaired) electrons. The zero-order chi connectivity index (χ0) is 16.7. The molecule has 1 unspecified atom stereocenters. The van der Waals surface area contributed by atoms with E-state index in [0.717, 1.165) is 35.7 Å². The van der Waals surface area contributed by atoms with E-state index in [1.165, 1.54) is 22.4 Å². The standard InChI is InChI=1S/C19H21N3OS/c1-12-3-4-15-16(11-24-17(15)7-12)19(23)20-9-14-10-22-6-5-13(2)8-18(22)21-14/h5-6,8,10-12H,3-4,7,9H2,1-2H3,(H,20,23). The smallest absolute Gasteiger partial charge is 0.252 e. The summed E-state index contributed by atoms with van der Waals surface area (Å²) >= 11 is 1.73. The molecule has 0 saturated carbocycles. The van der Waals surface area contributed by atoms with Gasteiger partial charge in [-0.15, -0.1) is 11.3 Å². The second-order valence-corrected chi connectivity index (χ2v) is 7.75. The SMILES string of the molecule is Cc1ccn2cc(CNC(=O)c3csc4c3CCC(C)C4)nc2c1. The van der Waals surface area contributed by atoms with E-state index >= 15 is 0 Å². The molecule has 1 aliphatic rings. The molecule has 1 N–H and O–H groups in total. The zero-order valence-electron chi connectivity index (χ0n) is 14.0. The fourth-order valence-corrected chi connectivity index (χ4v) is 4.60. The highest BCUT2D eigenvalue weighted by Crippen LogP contribution is 2.32. The Hall–Kier alpha value is -2.14. The Labute approximate surface area is 145 Å². The van der Waals surface area contributed by atoms with Crippen LogP contribution in [-0.4, -0.2) is 15.3 Å². The van der Waals surface area contributed by atoms with E-state index in [1.807, 2.05) is 28.2 Å². The first-order valence-corrected chi connectivity index (χ1v) is 9.30. The van der Waals surface area contributed by atoms with Crippen LogP contribution >= 0.6 is 11.3 Å². The van der Waals surface area contributed by atoms with Gasteiger partial charge in [-0.05, 0) is 55.4 Å². The van der Waals surface area contributed by atoms with Gasteiger partial charge in [0, 0.05) is 22.7 Å². The van der Waals surface area contributed by atoms with Crippen molar-refractivity contribution in [3.8, 4) is 0 Å². The van der Waals surface area contributed by atoms with Gasteiger partial charge in [0.25, 0.3) is 5.91 Å². The molecule has 124 valence electrons. The number of hydrogen-bond acceptors (Lipinski definition) is 3. The van der Waals surface area contributed by atoms with Crippen molar-refractivity contribution in [1.29, 1.82) is 0 Å². The molecule has 0 fully saturated rings. The molecule has 1 atom stereocenters. The van der Waals surface area contributed by atoms with Crippen LogP contribution in [0.25, 0.3) is 5.65 Å². The van der Waals surface area contributed by atoms with E-state index in [0.29, 0.717) is 6.54 Å². The van der Waals surface area contributed by atoms with Crippen molar-refractivity contribution in [3.63, 3.8) is 0 Å². The van der Waals surface area contributed by atoms with Crippen LogP contribution in [0.3, 0.4) is 0 Å². The molecule has 24 heavy (non-hydrogen) atoms. The third kappa shape index (κ3) is 2.84. The fourth-order valence-electron chi connectivity index (χ4n) is 3.36. The van der Waals surface area contributed by atoms with Gasteiger partial charge in [0.05, 0.1) is 17.8 Å². The Kier molecular flexibility index (Phi) is 3.88. The van der Waals surface area contributed by atoms with Crippen LogP contribution in [0, 0.1) is 12.8 Å². The maximum Gasteiger partial charge on any atom is 0.252 e. The molecule has 3 heterocycles. The molecule has 1 aliphatic carbocycles. The monoisotopic (exact) mass is 339 g/mol. The van der Waals surface area contributed by atoms with Crippen molar-refractivity contribution in [2.24, 2.45) is 5.92 Å². The molecule has 0 bridgehead atoms. The normalized spacial score (nSPS) is 17.0. The van der Waals surface area contributed by atoms with Gasteiger partial charge in [-0.25, -0.2) is 4.98 Å². The predicted octanol–water partition coefficient (Wildman–Crippen LogP) is 3.76. The number of thiophene rings is 1. The maximum absolute atomic E-state index is 12.6. The van der Waals surface area contributed by atoms with Crippen molar-refractivity contribution in [2.75, 3.05) is 0 Å². The van der Waals surface area contributed by atoms with Crippen LogP contribution in [-0.2, 0) is 19.4 Å². The highest BCUT2D eigenvalue weighted by Gasteiger charge is 2.23. The molecule has 0 aromatic carbocycles. The minimum atomic E-state index is 0.0234. The minimum Gasteiger partial charge on any atom is -0.346 e. The Bertz CT molecular complexity index is 909. The lowest BCUT2D eigenvalue weighted by Crippen LogP contribution is -2.24. The van der Waals surface area contributed by atoms with Gasteiger partial charge >= 0.3 is 0 Å². The topological polar surface area (TPSA) is 46.4 Å². The lowest BCUT2D eigenvalue weighted by atomic mass is 9.88. The van der Waals surface area contributed by atoms with E-state index in [9.17, 15) is 4.79 Å². The van der Waals surface area contributed by atoms with E-state index in [4.69, 9.17) is 0 Å². The van der Waals surface area contributed by atoms with Crippen LogP contribution in [0.2, 0.25) is 0 Å². The molecule has 4 rings (SSSR count). The third-order valence-electron chi connectivity index (χ3n) is 4.74. The van der Waals surface area contributed by atoms with Crippen LogP contribution < -0.4 is 5.32 Å². The van der Waals surface area contributed by atoms with Gasteiger partial charge in [0.15, 0.2) is 0 Å². The summed E-state index contributed by atoms with van der Waals surface area (Å²) in [5.41, 5.74) is 5.11. The van der Waals surface area contributed by atoms with Crippen molar-refractivity contribution < 1.29 is 4.79 Å². The first-order chi connectivity index (χ1) is 11.6. The number of nitrogens with zero attached hydrogens (tertiary/aromatic N) is 2. The summed E-state index contributed by atoms with van der Waals surface area (Å²) in [5.74, 6) is 0.754. The average molecular weight is 339 g/mol. The van der Waals surface area contributed by atoms with Crippen molar-refractivity contribution in [2.45, 2.75) is 39.7 Å². The summed E-state index contributed by atoms with van der Waals surface area (Å²) in [7, 11) is 0. The number of rotatable bonds is 3. The number of amides is 1. The lowest BCUT2D eigenvalue weighted by Gasteiger charge is -2.18. The van der Waals surface area contributed by atoms with Crippen molar-refractivity contribution in [1.82, 2.24) is 14.7 Å². The maximum atomic E-state index is 12.6. The van der Waals surface area contributed by atoms with E-state index in [2.05, 4.69) is 30.2 Å².